The maximum Gasteiger partial charge on any atom is 0.327 e. The largest absolute Gasteiger partial charge is 0.480 e. The number of hydrogen-bond acceptors (Lipinski definition) is 3. The molecule has 4 nitrogen and oxygen atoms in total. The highest BCUT2D eigenvalue weighted by Crippen LogP contribution is 2.42. The zero-order valence-corrected chi connectivity index (χ0v) is 14.1. The van der Waals surface area contributed by atoms with Crippen molar-refractivity contribution >= 4 is 35.2 Å². The van der Waals surface area contributed by atoms with Gasteiger partial charge in [-0.15, -0.1) is 11.8 Å². The number of aliphatic carboxylic acids is 1. The molecule has 0 radical (unpaired) electrons. The second-order valence-electron chi connectivity index (χ2n) is 5.35. The number of carbonyl (C=O) groups excluding carboxylic acids is 1. The summed E-state index contributed by atoms with van der Waals surface area (Å²) in [5.74, 6) is -0.622. The number of rotatable bonds is 6. The number of unbranched alkanes of at least 4 members (excludes halogenated alkanes) is 2. The molecule has 0 saturated carbocycles. The fourth-order valence-electron chi connectivity index (χ4n) is 2.57. The van der Waals surface area contributed by atoms with Gasteiger partial charge in [-0.1, -0.05) is 43.5 Å². The number of carboxylic acids is 1. The quantitative estimate of drug-likeness (QED) is 0.796. The third-order valence-corrected chi connectivity index (χ3v) is 5.26. The van der Waals surface area contributed by atoms with Crippen LogP contribution < -0.4 is 0 Å². The molecule has 2 rings (SSSR count). The van der Waals surface area contributed by atoms with Gasteiger partial charge < -0.3 is 10.0 Å². The van der Waals surface area contributed by atoms with E-state index in [-0.39, 0.29) is 11.3 Å². The molecule has 1 heterocycles. The Balaban J connectivity index is 2.21. The molecule has 1 aliphatic heterocycles. The molecular weight excluding hydrogens is 322 g/mol. The van der Waals surface area contributed by atoms with Crippen molar-refractivity contribution in [2.24, 2.45) is 0 Å². The van der Waals surface area contributed by atoms with Crippen molar-refractivity contribution in [2.45, 2.75) is 44.0 Å². The topological polar surface area (TPSA) is 57.6 Å². The number of thioether (sulfide) groups is 1. The first-order valence-corrected chi connectivity index (χ1v) is 8.88. The van der Waals surface area contributed by atoms with Crippen molar-refractivity contribution in [3.05, 3.63) is 34.9 Å². The highest BCUT2D eigenvalue weighted by Gasteiger charge is 2.41. The van der Waals surface area contributed by atoms with Crippen molar-refractivity contribution < 1.29 is 14.7 Å². The zero-order valence-electron chi connectivity index (χ0n) is 12.5. The van der Waals surface area contributed by atoms with Crippen LogP contribution in [0.4, 0.5) is 0 Å². The Kier molecular flexibility index (Phi) is 6.15. The number of carbonyl (C=O) groups is 2. The van der Waals surface area contributed by atoms with Gasteiger partial charge in [0, 0.05) is 17.2 Å². The van der Waals surface area contributed by atoms with E-state index in [0.717, 1.165) is 24.8 Å². The van der Waals surface area contributed by atoms with E-state index in [0.29, 0.717) is 17.2 Å². The van der Waals surface area contributed by atoms with Crippen LogP contribution in [0.1, 0.15) is 43.5 Å². The molecule has 1 N–H and O–H groups in total. The lowest BCUT2D eigenvalue weighted by atomic mass is 10.1. The number of amides is 1. The zero-order chi connectivity index (χ0) is 16.1. The van der Waals surface area contributed by atoms with Gasteiger partial charge in [-0.2, -0.15) is 0 Å². The minimum Gasteiger partial charge on any atom is -0.480 e. The molecular formula is C16H20ClNO3S. The summed E-state index contributed by atoms with van der Waals surface area (Å²) in [6, 6.07) is 6.53. The van der Waals surface area contributed by atoms with Gasteiger partial charge >= 0.3 is 5.97 Å². The average Bonchev–Trinajstić information content (AvgIpc) is 2.92. The number of benzene rings is 1. The third-order valence-electron chi connectivity index (χ3n) is 3.70. The first kappa shape index (κ1) is 17.2. The number of hydrogen-bond donors (Lipinski definition) is 1. The Morgan fingerprint density at radius 1 is 1.41 bits per heavy atom. The molecule has 2 unspecified atom stereocenters. The monoisotopic (exact) mass is 341 g/mol. The number of halogens is 1. The summed E-state index contributed by atoms with van der Waals surface area (Å²) in [5.41, 5.74) is 0.880. The molecule has 22 heavy (non-hydrogen) atoms. The molecule has 0 aliphatic carbocycles. The Morgan fingerprint density at radius 3 is 2.82 bits per heavy atom. The van der Waals surface area contributed by atoms with Crippen LogP contribution in [-0.2, 0) is 9.59 Å². The van der Waals surface area contributed by atoms with Crippen LogP contribution in [0.3, 0.4) is 0 Å². The SMILES string of the molecule is CCCCCC(=O)N1C(C(=O)O)CSC1c1cccc(Cl)c1. The first-order chi connectivity index (χ1) is 10.5. The second-order valence-corrected chi connectivity index (χ2v) is 6.90. The summed E-state index contributed by atoms with van der Waals surface area (Å²) in [5, 5.41) is 9.71. The van der Waals surface area contributed by atoms with Crippen LogP contribution in [0.5, 0.6) is 0 Å². The molecule has 1 aromatic carbocycles. The van der Waals surface area contributed by atoms with E-state index in [1.807, 2.05) is 12.1 Å². The van der Waals surface area contributed by atoms with Gasteiger partial charge in [0.15, 0.2) is 0 Å². The van der Waals surface area contributed by atoms with E-state index in [1.54, 1.807) is 12.1 Å². The number of nitrogens with zero attached hydrogens (tertiary/aromatic N) is 1. The predicted molar refractivity (Wildman–Crippen MR) is 89.1 cm³/mol. The van der Waals surface area contributed by atoms with E-state index in [4.69, 9.17) is 11.6 Å². The molecule has 1 fully saturated rings. The molecule has 0 spiro atoms. The van der Waals surface area contributed by atoms with Gasteiger partial charge in [0.05, 0.1) is 0 Å². The summed E-state index contributed by atoms with van der Waals surface area (Å²) < 4.78 is 0. The molecule has 1 saturated heterocycles. The van der Waals surface area contributed by atoms with Crippen molar-refractivity contribution in [1.29, 1.82) is 0 Å². The molecule has 6 heteroatoms. The van der Waals surface area contributed by atoms with Crippen LogP contribution in [0, 0.1) is 0 Å². The lowest BCUT2D eigenvalue weighted by molar-refractivity contribution is -0.149. The van der Waals surface area contributed by atoms with Gasteiger partial charge in [-0.25, -0.2) is 4.79 Å². The van der Waals surface area contributed by atoms with Crippen LogP contribution in [0.15, 0.2) is 24.3 Å². The molecule has 0 aromatic heterocycles. The lowest BCUT2D eigenvalue weighted by Crippen LogP contribution is -2.42. The van der Waals surface area contributed by atoms with Crippen LogP contribution in [0.25, 0.3) is 0 Å². The molecule has 120 valence electrons. The van der Waals surface area contributed by atoms with Gasteiger partial charge in [0.1, 0.15) is 11.4 Å². The van der Waals surface area contributed by atoms with Crippen molar-refractivity contribution in [3.63, 3.8) is 0 Å². The molecule has 1 aromatic rings. The smallest absolute Gasteiger partial charge is 0.327 e. The number of carboxylic acid groups (broad SMARTS) is 1. The Bertz CT molecular complexity index is 552. The highest BCUT2D eigenvalue weighted by molar-refractivity contribution is 7.99. The Labute approximate surface area is 139 Å². The van der Waals surface area contributed by atoms with E-state index in [2.05, 4.69) is 6.92 Å². The Morgan fingerprint density at radius 2 is 2.18 bits per heavy atom. The van der Waals surface area contributed by atoms with Gasteiger partial charge in [0.25, 0.3) is 0 Å². The minimum absolute atomic E-state index is 0.0872. The van der Waals surface area contributed by atoms with Gasteiger partial charge in [-0.3, -0.25) is 4.79 Å². The fraction of sp³-hybridized carbons (Fsp3) is 0.500. The van der Waals surface area contributed by atoms with E-state index >= 15 is 0 Å². The maximum absolute atomic E-state index is 12.5. The molecule has 0 bridgehead atoms. The average molecular weight is 342 g/mol. The standard InChI is InChI=1S/C16H20ClNO3S/c1-2-3-4-8-14(19)18-13(16(20)21)10-22-15(18)11-6-5-7-12(17)9-11/h5-7,9,13,15H,2-4,8,10H2,1H3,(H,20,21). The summed E-state index contributed by atoms with van der Waals surface area (Å²) >= 11 is 7.50. The summed E-state index contributed by atoms with van der Waals surface area (Å²) in [7, 11) is 0. The fourth-order valence-corrected chi connectivity index (χ4v) is 4.20. The van der Waals surface area contributed by atoms with Crippen LogP contribution in [0.2, 0.25) is 5.02 Å². The molecule has 2 atom stereocenters. The first-order valence-electron chi connectivity index (χ1n) is 7.45. The van der Waals surface area contributed by atoms with Crippen molar-refractivity contribution in [2.75, 3.05) is 5.75 Å². The van der Waals surface area contributed by atoms with Crippen molar-refractivity contribution in [3.8, 4) is 0 Å². The van der Waals surface area contributed by atoms with E-state index < -0.39 is 12.0 Å². The summed E-state index contributed by atoms with van der Waals surface area (Å²) in [4.78, 5) is 25.5. The predicted octanol–water partition coefficient (Wildman–Crippen LogP) is 3.95. The normalized spacial score (nSPS) is 21.1. The lowest BCUT2D eigenvalue weighted by Gasteiger charge is -2.27. The van der Waals surface area contributed by atoms with Crippen LogP contribution >= 0.6 is 23.4 Å². The van der Waals surface area contributed by atoms with E-state index in [9.17, 15) is 14.7 Å². The second kappa shape index (κ2) is 7.88. The summed E-state index contributed by atoms with van der Waals surface area (Å²) in [6.45, 7) is 2.07. The summed E-state index contributed by atoms with van der Waals surface area (Å²) in [6.07, 6.45) is 3.20. The minimum atomic E-state index is -0.944. The highest BCUT2D eigenvalue weighted by atomic mass is 35.5. The molecule has 1 aliphatic rings. The van der Waals surface area contributed by atoms with Crippen LogP contribution in [-0.4, -0.2) is 33.7 Å². The molecule has 1 amide bonds. The van der Waals surface area contributed by atoms with Crippen molar-refractivity contribution in [1.82, 2.24) is 4.90 Å². The van der Waals surface area contributed by atoms with Gasteiger partial charge in [0.2, 0.25) is 5.91 Å². The third kappa shape index (κ3) is 3.96. The van der Waals surface area contributed by atoms with Gasteiger partial charge in [-0.05, 0) is 24.1 Å². The maximum atomic E-state index is 12.5. The Hall–Kier alpha value is -1.20. The van der Waals surface area contributed by atoms with E-state index in [1.165, 1.54) is 16.7 Å².